The first kappa shape index (κ1) is 13.0. The maximum absolute atomic E-state index is 13.3. The van der Waals surface area contributed by atoms with E-state index in [9.17, 15) is 14.3 Å². The van der Waals surface area contributed by atoms with Crippen molar-refractivity contribution in [3.8, 4) is 5.75 Å². The van der Waals surface area contributed by atoms with E-state index in [4.69, 9.17) is 0 Å². The molecule has 0 spiro atoms. The molecule has 2 aromatic rings. The van der Waals surface area contributed by atoms with Crippen LogP contribution in [0.25, 0.3) is 0 Å². The van der Waals surface area contributed by atoms with Crippen molar-refractivity contribution in [1.29, 1.82) is 0 Å². The Kier molecular flexibility index (Phi) is 3.75. The highest BCUT2D eigenvalue weighted by atomic mass is 19.1. The zero-order valence-electron chi connectivity index (χ0n) is 10.4. The Morgan fingerprint density at radius 2 is 2.21 bits per heavy atom. The fraction of sp³-hybridized carbons (Fsp3) is 0.143. The van der Waals surface area contributed by atoms with E-state index in [0.717, 1.165) is 6.20 Å². The number of nitrogens with one attached hydrogen (secondary N) is 1. The summed E-state index contributed by atoms with van der Waals surface area (Å²) in [5.41, 5.74) is 1.38. The molecule has 4 nitrogen and oxygen atoms in total. The number of aryl methyl sites for hydroxylation is 1. The minimum absolute atomic E-state index is 0.0581. The summed E-state index contributed by atoms with van der Waals surface area (Å²) in [5.74, 6) is -0.774. The van der Waals surface area contributed by atoms with Crippen molar-refractivity contribution in [3.05, 3.63) is 59.2 Å². The largest absolute Gasteiger partial charge is 0.508 e. The lowest BCUT2D eigenvalue weighted by molar-refractivity contribution is 0.0950. The van der Waals surface area contributed by atoms with Crippen molar-refractivity contribution in [1.82, 2.24) is 10.3 Å². The molecule has 1 amide bonds. The maximum Gasteiger partial charge on any atom is 0.251 e. The molecule has 5 heteroatoms. The molecule has 0 aliphatic heterocycles. The molecule has 0 radical (unpaired) electrons. The average molecular weight is 260 g/mol. The molecule has 0 saturated heterocycles. The number of carbonyl (C=O) groups excluding carboxylic acids is 1. The number of nitrogens with zero attached hydrogens (tertiary/aromatic N) is 1. The summed E-state index contributed by atoms with van der Waals surface area (Å²) in [6.07, 6.45) is 2.56. The molecule has 2 N–H and O–H groups in total. The number of phenols is 1. The molecule has 0 fully saturated rings. The van der Waals surface area contributed by atoms with Crippen LogP contribution in [0.15, 0.2) is 36.7 Å². The molecular formula is C14H13FN2O2. The van der Waals surface area contributed by atoms with Crippen LogP contribution < -0.4 is 5.32 Å². The number of hydrogen-bond acceptors (Lipinski definition) is 3. The van der Waals surface area contributed by atoms with Gasteiger partial charge in [-0.15, -0.1) is 0 Å². The quantitative estimate of drug-likeness (QED) is 0.889. The SMILES string of the molecule is Cc1ccc(C(=O)NCc2ccncc2F)cc1O. The number of hydrogen-bond donors (Lipinski definition) is 2. The topological polar surface area (TPSA) is 62.2 Å². The molecule has 98 valence electrons. The molecule has 0 bridgehead atoms. The number of pyridine rings is 1. The first-order valence-corrected chi connectivity index (χ1v) is 5.74. The lowest BCUT2D eigenvalue weighted by Gasteiger charge is -2.07. The maximum atomic E-state index is 13.3. The number of phenolic OH excluding ortho intramolecular Hbond substituents is 1. The monoisotopic (exact) mass is 260 g/mol. The highest BCUT2D eigenvalue weighted by Crippen LogP contribution is 2.17. The van der Waals surface area contributed by atoms with Gasteiger partial charge in [0, 0.05) is 23.9 Å². The molecule has 1 heterocycles. The number of benzene rings is 1. The second kappa shape index (κ2) is 5.48. The highest BCUT2D eigenvalue weighted by molar-refractivity contribution is 5.94. The van der Waals surface area contributed by atoms with E-state index in [1.807, 2.05) is 0 Å². The summed E-state index contributed by atoms with van der Waals surface area (Å²) in [4.78, 5) is 15.5. The van der Waals surface area contributed by atoms with Crippen molar-refractivity contribution in [2.75, 3.05) is 0 Å². The second-order valence-electron chi connectivity index (χ2n) is 4.15. The third-order valence-corrected chi connectivity index (χ3v) is 2.77. The summed E-state index contributed by atoms with van der Waals surface area (Å²) < 4.78 is 13.3. The van der Waals surface area contributed by atoms with Crippen LogP contribution >= 0.6 is 0 Å². The molecule has 0 unspecified atom stereocenters. The number of amides is 1. The van der Waals surface area contributed by atoms with Crippen LogP contribution in [0.3, 0.4) is 0 Å². The summed E-state index contributed by atoms with van der Waals surface area (Å²) in [6.45, 7) is 1.81. The van der Waals surface area contributed by atoms with E-state index >= 15 is 0 Å². The van der Waals surface area contributed by atoms with Gasteiger partial charge in [0.05, 0.1) is 6.20 Å². The molecule has 0 saturated carbocycles. The predicted molar refractivity (Wildman–Crippen MR) is 68.2 cm³/mol. The van der Waals surface area contributed by atoms with Gasteiger partial charge >= 0.3 is 0 Å². The van der Waals surface area contributed by atoms with Crippen molar-refractivity contribution < 1.29 is 14.3 Å². The van der Waals surface area contributed by atoms with Crippen LogP contribution in [-0.4, -0.2) is 16.0 Å². The Balaban J connectivity index is 2.05. The van der Waals surface area contributed by atoms with Gasteiger partial charge in [-0.25, -0.2) is 4.39 Å². The molecule has 0 atom stereocenters. The first-order valence-electron chi connectivity index (χ1n) is 5.74. The predicted octanol–water partition coefficient (Wildman–Crippen LogP) is 2.16. The molecule has 19 heavy (non-hydrogen) atoms. The third-order valence-electron chi connectivity index (χ3n) is 2.77. The first-order chi connectivity index (χ1) is 9.08. The van der Waals surface area contributed by atoms with Gasteiger partial charge in [-0.2, -0.15) is 0 Å². The average Bonchev–Trinajstić information content (AvgIpc) is 2.40. The van der Waals surface area contributed by atoms with Crippen molar-refractivity contribution in [3.63, 3.8) is 0 Å². The molecule has 0 aliphatic carbocycles. The molecule has 2 rings (SSSR count). The van der Waals surface area contributed by atoms with Crippen LogP contribution in [0.5, 0.6) is 5.75 Å². The second-order valence-corrected chi connectivity index (χ2v) is 4.15. The summed E-state index contributed by atoms with van der Waals surface area (Å²) in [5, 5.41) is 12.1. The minimum Gasteiger partial charge on any atom is -0.508 e. The molecule has 1 aromatic carbocycles. The van der Waals surface area contributed by atoms with Gasteiger partial charge in [0.2, 0.25) is 0 Å². The Morgan fingerprint density at radius 3 is 2.89 bits per heavy atom. The fourth-order valence-corrected chi connectivity index (χ4v) is 1.58. The normalized spacial score (nSPS) is 10.2. The van der Waals surface area contributed by atoms with Crippen LogP contribution in [0.2, 0.25) is 0 Å². The molecule has 0 aliphatic rings. The van der Waals surface area contributed by atoms with Crippen molar-refractivity contribution >= 4 is 5.91 Å². The molecular weight excluding hydrogens is 247 g/mol. The Morgan fingerprint density at radius 1 is 1.42 bits per heavy atom. The third kappa shape index (κ3) is 3.07. The van der Waals surface area contributed by atoms with E-state index < -0.39 is 5.82 Å². The van der Waals surface area contributed by atoms with Gasteiger partial charge in [0.25, 0.3) is 5.91 Å². The summed E-state index contributed by atoms with van der Waals surface area (Å²) >= 11 is 0. The lowest BCUT2D eigenvalue weighted by atomic mass is 10.1. The smallest absolute Gasteiger partial charge is 0.251 e. The number of rotatable bonds is 3. The van der Waals surface area contributed by atoms with Crippen LogP contribution in [0.1, 0.15) is 21.5 Å². The van der Waals surface area contributed by atoms with Crippen LogP contribution in [-0.2, 0) is 6.54 Å². The fourth-order valence-electron chi connectivity index (χ4n) is 1.58. The van der Waals surface area contributed by atoms with Gasteiger partial charge < -0.3 is 10.4 Å². The van der Waals surface area contributed by atoms with E-state index in [-0.39, 0.29) is 18.2 Å². The Labute approximate surface area is 109 Å². The number of aromatic hydroxyl groups is 1. The zero-order chi connectivity index (χ0) is 13.8. The number of carbonyl (C=O) groups is 1. The summed E-state index contributed by atoms with van der Waals surface area (Å²) in [6, 6.07) is 6.14. The molecule has 1 aromatic heterocycles. The number of aromatic nitrogens is 1. The van der Waals surface area contributed by atoms with E-state index in [0.29, 0.717) is 16.7 Å². The Bertz CT molecular complexity index is 614. The van der Waals surface area contributed by atoms with E-state index in [1.54, 1.807) is 19.1 Å². The van der Waals surface area contributed by atoms with Gasteiger partial charge in [0.1, 0.15) is 11.6 Å². The summed E-state index contributed by atoms with van der Waals surface area (Å²) in [7, 11) is 0. The van der Waals surface area contributed by atoms with Crippen LogP contribution in [0.4, 0.5) is 4.39 Å². The van der Waals surface area contributed by atoms with E-state index in [2.05, 4.69) is 10.3 Å². The van der Waals surface area contributed by atoms with Gasteiger partial charge in [-0.3, -0.25) is 9.78 Å². The number of halogens is 1. The minimum atomic E-state index is -0.463. The van der Waals surface area contributed by atoms with Gasteiger partial charge in [-0.05, 0) is 30.7 Å². The van der Waals surface area contributed by atoms with Crippen LogP contribution in [0, 0.1) is 12.7 Å². The Hall–Kier alpha value is -2.43. The zero-order valence-corrected chi connectivity index (χ0v) is 10.4. The highest BCUT2D eigenvalue weighted by Gasteiger charge is 2.08. The lowest BCUT2D eigenvalue weighted by Crippen LogP contribution is -2.23. The standard InChI is InChI=1S/C14H13FN2O2/c1-9-2-3-10(6-13(9)18)14(19)17-7-11-4-5-16-8-12(11)15/h2-6,8,18H,7H2,1H3,(H,17,19). The van der Waals surface area contributed by atoms with Gasteiger partial charge in [-0.1, -0.05) is 6.07 Å². The van der Waals surface area contributed by atoms with Gasteiger partial charge in [0.15, 0.2) is 0 Å². The van der Waals surface area contributed by atoms with Crippen molar-refractivity contribution in [2.24, 2.45) is 0 Å². The van der Waals surface area contributed by atoms with Crippen molar-refractivity contribution in [2.45, 2.75) is 13.5 Å². The van der Waals surface area contributed by atoms with E-state index in [1.165, 1.54) is 18.3 Å².